The average Bonchev–Trinajstić information content (AvgIpc) is 2.35. The Kier molecular flexibility index (Phi) is 5.63. The number of amides is 1. The minimum atomic E-state index is -0.0686. The van der Waals surface area contributed by atoms with E-state index >= 15 is 0 Å². The Bertz CT molecular complexity index is 360. The van der Waals surface area contributed by atoms with Crippen molar-refractivity contribution in [3.05, 3.63) is 18.2 Å². The van der Waals surface area contributed by atoms with Gasteiger partial charge in [0, 0.05) is 36.2 Å². The topological polar surface area (TPSA) is 47.6 Å². The summed E-state index contributed by atoms with van der Waals surface area (Å²) in [5.41, 5.74) is 0.653. The van der Waals surface area contributed by atoms with Crippen molar-refractivity contribution in [2.75, 3.05) is 25.4 Å². The SMILES string of the molecule is COc1cc(NC(=O)CCCCl)cc(OC)c1. The molecule has 0 aromatic heterocycles. The third-order valence-electron chi connectivity index (χ3n) is 2.17. The van der Waals surface area contributed by atoms with Gasteiger partial charge in [-0.15, -0.1) is 11.6 Å². The van der Waals surface area contributed by atoms with Crippen LogP contribution < -0.4 is 14.8 Å². The van der Waals surface area contributed by atoms with Crippen LogP contribution in [0.5, 0.6) is 11.5 Å². The number of rotatable bonds is 6. The minimum absolute atomic E-state index is 0.0686. The quantitative estimate of drug-likeness (QED) is 0.797. The molecule has 0 radical (unpaired) electrons. The largest absolute Gasteiger partial charge is 0.497 e. The van der Waals surface area contributed by atoms with Crippen LogP contribution in [0.3, 0.4) is 0 Å². The number of methoxy groups -OCH3 is 2. The maximum atomic E-state index is 11.5. The summed E-state index contributed by atoms with van der Waals surface area (Å²) in [6.07, 6.45) is 1.07. The zero-order chi connectivity index (χ0) is 12.7. The van der Waals surface area contributed by atoms with Crippen molar-refractivity contribution < 1.29 is 14.3 Å². The molecule has 4 nitrogen and oxygen atoms in total. The van der Waals surface area contributed by atoms with Crippen LogP contribution in [-0.2, 0) is 4.79 Å². The molecule has 1 aromatic rings. The normalized spacial score (nSPS) is 9.82. The molecule has 0 fully saturated rings. The highest BCUT2D eigenvalue weighted by Gasteiger charge is 2.05. The lowest BCUT2D eigenvalue weighted by atomic mass is 10.2. The smallest absolute Gasteiger partial charge is 0.224 e. The zero-order valence-corrected chi connectivity index (χ0v) is 10.7. The maximum absolute atomic E-state index is 11.5. The highest BCUT2D eigenvalue weighted by atomic mass is 35.5. The van der Waals surface area contributed by atoms with Gasteiger partial charge >= 0.3 is 0 Å². The summed E-state index contributed by atoms with van der Waals surface area (Å²) in [7, 11) is 3.13. The first kappa shape index (κ1) is 13.6. The first-order valence-electron chi connectivity index (χ1n) is 5.28. The Labute approximate surface area is 106 Å². The van der Waals surface area contributed by atoms with Gasteiger partial charge in [-0.05, 0) is 6.42 Å². The van der Waals surface area contributed by atoms with Crippen LogP contribution >= 0.6 is 11.6 Å². The molecule has 1 rings (SSSR count). The van der Waals surface area contributed by atoms with E-state index in [0.29, 0.717) is 35.9 Å². The van der Waals surface area contributed by atoms with E-state index in [9.17, 15) is 4.79 Å². The molecule has 0 aliphatic heterocycles. The van der Waals surface area contributed by atoms with Gasteiger partial charge in [0.1, 0.15) is 11.5 Å². The van der Waals surface area contributed by atoms with Crippen molar-refractivity contribution in [2.24, 2.45) is 0 Å². The maximum Gasteiger partial charge on any atom is 0.224 e. The lowest BCUT2D eigenvalue weighted by Gasteiger charge is -2.09. The second kappa shape index (κ2) is 7.01. The third kappa shape index (κ3) is 4.53. The predicted molar refractivity (Wildman–Crippen MR) is 68.1 cm³/mol. The molecule has 0 heterocycles. The molecule has 1 N–H and O–H groups in total. The van der Waals surface area contributed by atoms with Crippen LogP contribution in [0.4, 0.5) is 5.69 Å². The molecule has 0 saturated carbocycles. The summed E-state index contributed by atoms with van der Waals surface area (Å²) in [5.74, 6) is 1.68. The van der Waals surface area contributed by atoms with E-state index in [1.165, 1.54) is 0 Å². The number of halogens is 1. The van der Waals surface area contributed by atoms with E-state index in [2.05, 4.69) is 5.32 Å². The van der Waals surface area contributed by atoms with Gasteiger partial charge in [0.25, 0.3) is 0 Å². The summed E-state index contributed by atoms with van der Waals surface area (Å²) in [4.78, 5) is 11.5. The number of carbonyl (C=O) groups excluding carboxylic acids is 1. The minimum Gasteiger partial charge on any atom is -0.497 e. The van der Waals surface area contributed by atoms with Crippen molar-refractivity contribution in [3.63, 3.8) is 0 Å². The van der Waals surface area contributed by atoms with Crippen LogP contribution in [0.1, 0.15) is 12.8 Å². The highest BCUT2D eigenvalue weighted by Crippen LogP contribution is 2.25. The van der Waals surface area contributed by atoms with E-state index in [1.807, 2.05) is 0 Å². The number of anilines is 1. The number of nitrogens with one attached hydrogen (secondary N) is 1. The zero-order valence-electron chi connectivity index (χ0n) is 9.96. The fraction of sp³-hybridized carbons (Fsp3) is 0.417. The molecule has 0 unspecified atom stereocenters. The molecule has 17 heavy (non-hydrogen) atoms. The van der Waals surface area contributed by atoms with Crippen LogP contribution in [0.25, 0.3) is 0 Å². The molecular formula is C12H16ClNO3. The number of hydrogen-bond acceptors (Lipinski definition) is 3. The number of ether oxygens (including phenoxy) is 2. The second-order valence-corrected chi connectivity index (χ2v) is 3.82. The molecule has 0 bridgehead atoms. The Morgan fingerprint density at radius 2 is 1.82 bits per heavy atom. The van der Waals surface area contributed by atoms with Crippen LogP contribution in [-0.4, -0.2) is 26.0 Å². The van der Waals surface area contributed by atoms with E-state index < -0.39 is 0 Å². The molecule has 5 heteroatoms. The molecule has 0 aliphatic rings. The summed E-state index contributed by atoms with van der Waals surface area (Å²) >= 11 is 5.52. The highest BCUT2D eigenvalue weighted by molar-refractivity contribution is 6.18. The standard InChI is InChI=1S/C12H16ClNO3/c1-16-10-6-9(7-11(8-10)17-2)14-12(15)4-3-5-13/h6-8H,3-5H2,1-2H3,(H,14,15). The summed E-state index contributed by atoms with van der Waals surface area (Å²) in [6.45, 7) is 0. The molecule has 0 aliphatic carbocycles. The first-order valence-corrected chi connectivity index (χ1v) is 5.82. The first-order chi connectivity index (χ1) is 8.19. The average molecular weight is 258 g/mol. The van der Waals surface area contributed by atoms with Crippen molar-refractivity contribution in [3.8, 4) is 11.5 Å². The molecular weight excluding hydrogens is 242 g/mol. The van der Waals surface area contributed by atoms with Crippen molar-refractivity contribution in [1.29, 1.82) is 0 Å². The Morgan fingerprint density at radius 3 is 2.29 bits per heavy atom. The van der Waals surface area contributed by atoms with Crippen LogP contribution in [0, 0.1) is 0 Å². The van der Waals surface area contributed by atoms with E-state index in [1.54, 1.807) is 32.4 Å². The van der Waals surface area contributed by atoms with E-state index in [-0.39, 0.29) is 5.91 Å². The van der Waals surface area contributed by atoms with Gasteiger partial charge in [-0.1, -0.05) is 0 Å². The fourth-order valence-electron chi connectivity index (χ4n) is 1.33. The van der Waals surface area contributed by atoms with E-state index in [0.717, 1.165) is 0 Å². The van der Waals surface area contributed by atoms with Gasteiger partial charge in [0.05, 0.1) is 14.2 Å². The summed E-state index contributed by atoms with van der Waals surface area (Å²) in [6, 6.07) is 5.22. The number of benzene rings is 1. The monoisotopic (exact) mass is 257 g/mol. The van der Waals surface area contributed by atoms with Gasteiger partial charge in [0.2, 0.25) is 5.91 Å². The second-order valence-electron chi connectivity index (χ2n) is 3.44. The molecule has 94 valence electrons. The summed E-state index contributed by atoms with van der Waals surface area (Å²) in [5, 5.41) is 2.77. The molecule has 0 saturated heterocycles. The van der Waals surface area contributed by atoms with Gasteiger partial charge in [0.15, 0.2) is 0 Å². The molecule has 1 amide bonds. The molecule has 0 spiro atoms. The predicted octanol–water partition coefficient (Wildman–Crippen LogP) is 2.66. The van der Waals surface area contributed by atoms with Gasteiger partial charge in [-0.2, -0.15) is 0 Å². The van der Waals surface area contributed by atoms with Crippen molar-refractivity contribution in [2.45, 2.75) is 12.8 Å². The molecule has 0 atom stereocenters. The fourth-order valence-corrected chi connectivity index (χ4v) is 1.46. The number of alkyl halides is 1. The lowest BCUT2D eigenvalue weighted by Crippen LogP contribution is -2.11. The van der Waals surface area contributed by atoms with Gasteiger partial charge in [-0.3, -0.25) is 4.79 Å². The van der Waals surface area contributed by atoms with Gasteiger partial charge in [-0.25, -0.2) is 0 Å². The Hall–Kier alpha value is -1.42. The molecule has 1 aromatic carbocycles. The number of hydrogen-bond donors (Lipinski definition) is 1. The summed E-state index contributed by atoms with van der Waals surface area (Å²) < 4.78 is 10.2. The van der Waals surface area contributed by atoms with Crippen LogP contribution in [0.15, 0.2) is 18.2 Å². The third-order valence-corrected chi connectivity index (χ3v) is 2.44. The van der Waals surface area contributed by atoms with E-state index in [4.69, 9.17) is 21.1 Å². The Morgan fingerprint density at radius 1 is 1.24 bits per heavy atom. The van der Waals surface area contributed by atoms with Crippen LogP contribution in [0.2, 0.25) is 0 Å². The Balaban J connectivity index is 2.72. The van der Waals surface area contributed by atoms with Crippen molar-refractivity contribution in [1.82, 2.24) is 0 Å². The number of carbonyl (C=O) groups is 1. The lowest BCUT2D eigenvalue weighted by molar-refractivity contribution is -0.116. The van der Waals surface area contributed by atoms with Gasteiger partial charge < -0.3 is 14.8 Å². The van der Waals surface area contributed by atoms with Crippen molar-refractivity contribution >= 4 is 23.2 Å².